The van der Waals surface area contributed by atoms with E-state index in [9.17, 15) is 0 Å². The first-order chi connectivity index (χ1) is 25.6. The van der Waals surface area contributed by atoms with Gasteiger partial charge in [-0.3, -0.25) is 0 Å². The maximum absolute atomic E-state index is 6.65. The molecule has 0 N–H and O–H groups in total. The van der Waals surface area contributed by atoms with Gasteiger partial charge in [0.25, 0.3) is 0 Å². The Labute approximate surface area is 305 Å². The first-order valence-corrected chi connectivity index (χ1v) is 17.8. The molecule has 0 atom stereocenters. The van der Waals surface area contributed by atoms with Crippen molar-refractivity contribution < 1.29 is 4.74 Å². The van der Waals surface area contributed by atoms with Gasteiger partial charge in [0, 0.05) is 28.2 Å². The maximum Gasteiger partial charge on any atom is 0.135 e. The number of rotatable bonds is 6. The molecule has 0 amide bonds. The molecule has 0 aliphatic carbocycles. The summed E-state index contributed by atoms with van der Waals surface area (Å²) in [6.07, 6.45) is 0. The number of fused-ring (bicyclic) bond motifs is 5. The third-order valence-corrected chi connectivity index (χ3v) is 10.2. The van der Waals surface area contributed by atoms with E-state index in [-0.39, 0.29) is 0 Å². The van der Waals surface area contributed by atoms with E-state index in [4.69, 9.17) is 4.74 Å². The first kappa shape index (κ1) is 31.3. The molecule has 2 nitrogen and oxygen atoms in total. The average Bonchev–Trinajstić information content (AvgIpc) is 3.34. The van der Waals surface area contributed by atoms with Crippen molar-refractivity contribution in [2.75, 3.05) is 4.90 Å². The molecule has 8 aromatic carbocycles. The molecule has 1 aliphatic heterocycles. The quantitative estimate of drug-likeness (QED) is 0.175. The zero-order valence-corrected chi connectivity index (χ0v) is 29.3. The molecule has 8 aromatic rings. The Morgan fingerprint density at radius 2 is 0.788 bits per heavy atom. The van der Waals surface area contributed by atoms with Crippen molar-refractivity contribution in [1.29, 1.82) is 0 Å². The molecular weight excluding hydrogens is 631 g/mol. The van der Waals surface area contributed by atoms with Crippen molar-refractivity contribution in [2.45, 2.75) is 13.8 Å². The lowest BCUT2D eigenvalue weighted by Crippen LogP contribution is -2.11. The number of nitrogens with zero attached hydrogens (tertiary/aromatic N) is 1. The molecule has 52 heavy (non-hydrogen) atoms. The minimum absolute atomic E-state index is 0.843. The highest BCUT2D eigenvalue weighted by Gasteiger charge is 2.23. The molecule has 248 valence electrons. The van der Waals surface area contributed by atoms with E-state index in [2.05, 4.69) is 201 Å². The van der Waals surface area contributed by atoms with Gasteiger partial charge in [0.1, 0.15) is 11.5 Å². The number of anilines is 3. The standard InChI is InChI=1S/C50H37NO/c1-34-15-6-7-20-41(34)42-21-8-10-23-44(42)47-32-39(28-27-35(47)2)51(38-19-14-18-37(31-38)36-16-4-3-5-17-36)40-29-30-50-48(33-40)45-24-11-9-22-43(45)46-25-12-13-26-49(46)52-50/h3-33H,1-2H3. The van der Waals surface area contributed by atoms with Crippen LogP contribution in [0.1, 0.15) is 11.1 Å². The largest absolute Gasteiger partial charge is 0.456 e. The summed E-state index contributed by atoms with van der Waals surface area (Å²) in [5, 5.41) is 0. The van der Waals surface area contributed by atoms with Crippen LogP contribution in [-0.4, -0.2) is 0 Å². The monoisotopic (exact) mass is 667 g/mol. The second-order valence-corrected chi connectivity index (χ2v) is 13.4. The zero-order valence-electron chi connectivity index (χ0n) is 29.3. The number of hydrogen-bond acceptors (Lipinski definition) is 2. The van der Waals surface area contributed by atoms with Gasteiger partial charge in [-0.05, 0) is 118 Å². The van der Waals surface area contributed by atoms with Crippen LogP contribution >= 0.6 is 0 Å². The van der Waals surface area contributed by atoms with Crippen molar-refractivity contribution in [2.24, 2.45) is 0 Å². The molecule has 0 aromatic heterocycles. The van der Waals surface area contributed by atoms with Gasteiger partial charge < -0.3 is 9.64 Å². The summed E-state index contributed by atoms with van der Waals surface area (Å²) < 4.78 is 6.65. The molecule has 0 fully saturated rings. The van der Waals surface area contributed by atoms with Crippen LogP contribution in [-0.2, 0) is 0 Å². The second kappa shape index (κ2) is 13.2. The topological polar surface area (TPSA) is 12.5 Å². The van der Waals surface area contributed by atoms with Crippen molar-refractivity contribution >= 4 is 17.1 Å². The second-order valence-electron chi connectivity index (χ2n) is 13.4. The van der Waals surface area contributed by atoms with Crippen molar-refractivity contribution in [1.82, 2.24) is 0 Å². The minimum atomic E-state index is 0.843. The smallest absolute Gasteiger partial charge is 0.135 e. The van der Waals surface area contributed by atoms with Gasteiger partial charge in [-0.2, -0.15) is 0 Å². The number of benzene rings is 8. The van der Waals surface area contributed by atoms with E-state index >= 15 is 0 Å². The van der Waals surface area contributed by atoms with Gasteiger partial charge in [-0.15, -0.1) is 0 Å². The summed E-state index contributed by atoms with van der Waals surface area (Å²) >= 11 is 0. The summed E-state index contributed by atoms with van der Waals surface area (Å²) in [4.78, 5) is 2.38. The fourth-order valence-corrected chi connectivity index (χ4v) is 7.58. The summed E-state index contributed by atoms with van der Waals surface area (Å²) in [6.45, 7) is 4.40. The molecule has 2 heteroatoms. The average molecular weight is 668 g/mol. The van der Waals surface area contributed by atoms with Gasteiger partial charge >= 0.3 is 0 Å². The lowest BCUT2D eigenvalue weighted by atomic mass is 9.90. The Bertz CT molecular complexity index is 2580. The predicted octanol–water partition coefficient (Wildman–Crippen LogP) is 14.2. The zero-order chi connectivity index (χ0) is 35.0. The maximum atomic E-state index is 6.65. The third kappa shape index (κ3) is 5.65. The van der Waals surface area contributed by atoms with E-state index in [0.717, 1.165) is 50.8 Å². The molecule has 0 saturated carbocycles. The Morgan fingerprint density at radius 1 is 0.308 bits per heavy atom. The summed E-state index contributed by atoms with van der Waals surface area (Å²) in [5.41, 5.74) is 17.4. The fourth-order valence-electron chi connectivity index (χ4n) is 7.58. The highest BCUT2D eigenvalue weighted by Crippen LogP contribution is 2.49. The van der Waals surface area contributed by atoms with Gasteiger partial charge in [-0.1, -0.05) is 140 Å². The molecule has 0 bridgehead atoms. The Kier molecular flexibility index (Phi) is 7.98. The summed E-state index contributed by atoms with van der Waals surface area (Å²) in [6, 6.07) is 67.3. The van der Waals surface area contributed by atoms with Crippen LogP contribution in [0.15, 0.2) is 188 Å². The number of para-hydroxylation sites is 1. The molecule has 0 unspecified atom stereocenters. The molecule has 9 rings (SSSR count). The van der Waals surface area contributed by atoms with E-state index in [1.165, 1.54) is 44.5 Å². The number of ether oxygens (including phenoxy) is 1. The third-order valence-electron chi connectivity index (χ3n) is 10.2. The lowest BCUT2D eigenvalue weighted by molar-refractivity contribution is 0.488. The van der Waals surface area contributed by atoms with E-state index in [0.29, 0.717) is 0 Å². The van der Waals surface area contributed by atoms with Crippen molar-refractivity contribution in [3.63, 3.8) is 0 Å². The van der Waals surface area contributed by atoms with Gasteiger partial charge in [0.2, 0.25) is 0 Å². The molecule has 1 aliphatic rings. The number of hydrogen-bond donors (Lipinski definition) is 0. The molecule has 0 saturated heterocycles. The summed E-state index contributed by atoms with van der Waals surface area (Å²) in [5.74, 6) is 1.71. The van der Waals surface area contributed by atoms with Crippen LogP contribution in [0.2, 0.25) is 0 Å². The normalized spacial score (nSPS) is 11.4. The van der Waals surface area contributed by atoms with E-state index in [1.807, 2.05) is 6.07 Å². The summed E-state index contributed by atoms with van der Waals surface area (Å²) in [7, 11) is 0. The van der Waals surface area contributed by atoms with Crippen LogP contribution in [0, 0.1) is 13.8 Å². The van der Waals surface area contributed by atoms with Crippen LogP contribution in [0.4, 0.5) is 17.1 Å². The van der Waals surface area contributed by atoms with Gasteiger partial charge in [-0.25, -0.2) is 0 Å². The van der Waals surface area contributed by atoms with E-state index < -0.39 is 0 Å². The Morgan fingerprint density at radius 3 is 1.52 bits per heavy atom. The molecular formula is C50H37NO. The Hall–Kier alpha value is -6.64. The highest BCUT2D eigenvalue weighted by atomic mass is 16.5. The van der Waals surface area contributed by atoms with Gasteiger partial charge in [0.05, 0.1) is 0 Å². The molecule has 0 spiro atoms. The first-order valence-electron chi connectivity index (χ1n) is 17.8. The molecule has 1 heterocycles. The van der Waals surface area contributed by atoms with E-state index in [1.54, 1.807) is 0 Å². The minimum Gasteiger partial charge on any atom is -0.456 e. The SMILES string of the molecule is Cc1ccccc1-c1ccccc1-c1cc(N(c2cccc(-c3ccccc3)c2)c2ccc3c(c2)-c2ccccc2-c2ccccc2O3)ccc1C. The predicted molar refractivity (Wildman–Crippen MR) is 218 cm³/mol. The van der Waals surface area contributed by atoms with Crippen LogP contribution in [0.5, 0.6) is 11.5 Å². The lowest BCUT2D eigenvalue weighted by Gasteiger charge is -2.28. The molecule has 0 radical (unpaired) electrons. The van der Waals surface area contributed by atoms with Crippen LogP contribution < -0.4 is 9.64 Å². The fraction of sp³-hybridized carbons (Fsp3) is 0.0400. The highest BCUT2D eigenvalue weighted by molar-refractivity contribution is 5.94. The Balaban J connectivity index is 1.25. The van der Waals surface area contributed by atoms with Crippen LogP contribution in [0.3, 0.4) is 0 Å². The van der Waals surface area contributed by atoms with Crippen molar-refractivity contribution in [3.8, 4) is 67.1 Å². The van der Waals surface area contributed by atoms with Crippen LogP contribution in [0.25, 0.3) is 55.6 Å². The number of aryl methyl sites for hydroxylation is 2. The van der Waals surface area contributed by atoms with Crippen molar-refractivity contribution in [3.05, 3.63) is 199 Å². The van der Waals surface area contributed by atoms with Gasteiger partial charge in [0.15, 0.2) is 0 Å².